The van der Waals surface area contributed by atoms with Crippen LogP contribution in [0.2, 0.25) is 10.0 Å². The summed E-state index contributed by atoms with van der Waals surface area (Å²) in [5.41, 5.74) is 0.976. The zero-order valence-electron chi connectivity index (χ0n) is 15.3. The van der Waals surface area contributed by atoms with Crippen LogP contribution in [-0.4, -0.2) is 17.2 Å². The third-order valence-corrected chi connectivity index (χ3v) is 6.54. The molecular weight excluding hydrogens is 469 g/mol. The first-order chi connectivity index (χ1) is 14.8. The summed E-state index contributed by atoms with van der Waals surface area (Å²) in [4.78, 5) is 17.3. The van der Waals surface area contributed by atoms with Crippen molar-refractivity contribution in [3.8, 4) is 22.6 Å². The summed E-state index contributed by atoms with van der Waals surface area (Å²) in [6, 6.07) is 13.3. The van der Waals surface area contributed by atoms with Crippen molar-refractivity contribution in [1.82, 2.24) is 4.98 Å². The Bertz CT molecular complexity index is 1340. The van der Waals surface area contributed by atoms with Gasteiger partial charge in [0.1, 0.15) is 10.7 Å². The fourth-order valence-electron chi connectivity index (χ4n) is 3.15. The number of hydrogen-bond donors (Lipinski definition) is 1. The molecule has 156 valence electrons. The number of amides is 1. The maximum absolute atomic E-state index is 13.3. The highest BCUT2D eigenvalue weighted by atomic mass is 35.5. The molecule has 2 aromatic heterocycles. The average Bonchev–Trinajstić information content (AvgIpc) is 3.23. The Balaban J connectivity index is 1.38. The first kappa shape index (κ1) is 20.0. The maximum atomic E-state index is 13.3. The Labute approximate surface area is 188 Å². The maximum Gasteiger partial charge on any atom is 0.586 e. The molecule has 0 saturated heterocycles. The lowest BCUT2D eigenvalue weighted by molar-refractivity contribution is -0.286. The molecule has 4 aromatic rings. The SMILES string of the molecule is O=C(Nc1ccc(-c2cc3c(cc2Cl)OC(F)(F)O3)cn1)c1sc2ccccc2c1Cl. The zero-order chi connectivity index (χ0) is 21.8. The monoisotopic (exact) mass is 478 g/mol. The van der Waals surface area contributed by atoms with E-state index in [1.165, 1.54) is 29.7 Å². The highest BCUT2D eigenvalue weighted by Crippen LogP contribution is 2.46. The Morgan fingerprint density at radius 1 is 1.06 bits per heavy atom. The van der Waals surface area contributed by atoms with Crippen LogP contribution in [0.5, 0.6) is 11.5 Å². The van der Waals surface area contributed by atoms with Crippen molar-refractivity contribution in [3.63, 3.8) is 0 Å². The molecule has 0 bridgehead atoms. The van der Waals surface area contributed by atoms with Crippen molar-refractivity contribution in [3.05, 3.63) is 69.7 Å². The fourth-order valence-corrected chi connectivity index (χ4v) is 4.83. The number of nitrogens with zero attached hydrogens (tertiary/aromatic N) is 1. The van der Waals surface area contributed by atoms with Gasteiger partial charge in [0.05, 0.1) is 10.0 Å². The van der Waals surface area contributed by atoms with Crippen molar-refractivity contribution in [1.29, 1.82) is 0 Å². The van der Waals surface area contributed by atoms with E-state index in [1.807, 2.05) is 24.3 Å². The number of thiophene rings is 1. The van der Waals surface area contributed by atoms with E-state index in [2.05, 4.69) is 19.8 Å². The second-order valence-electron chi connectivity index (χ2n) is 6.57. The number of anilines is 1. The Morgan fingerprint density at radius 2 is 1.81 bits per heavy atom. The molecule has 31 heavy (non-hydrogen) atoms. The smallest absolute Gasteiger partial charge is 0.395 e. The predicted molar refractivity (Wildman–Crippen MR) is 116 cm³/mol. The van der Waals surface area contributed by atoms with E-state index in [1.54, 1.807) is 12.1 Å². The summed E-state index contributed by atoms with van der Waals surface area (Å²) in [7, 11) is 0. The number of carbonyl (C=O) groups is 1. The Kier molecular flexibility index (Phi) is 4.73. The summed E-state index contributed by atoms with van der Waals surface area (Å²) in [6.07, 6.45) is -2.27. The van der Waals surface area contributed by atoms with Gasteiger partial charge in [0.2, 0.25) is 0 Å². The highest BCUT2D eigenvalue weighted by molar-refractivity contribution is 7.21. The minimum absolute atomic E-state index is 0.124. The number of alkyl halides is 2. The summed E-state index contributed by atoms with van der Waals surface area (Å²) in [5, 5.41) is 4.09. The van der Waals surface area contributed by atoms with Gasteiger partial charge in [0, 0.05) is 33.5 Å². The molecule has 0 unspecified atom stereocenters. The van der Waals surface area contributed by atoms with Crippen LogP contribution in [0.4, 0.5) is 14.6 Å². The van der Waals surface area contributed by atoms with Crippen molar-refractivity contribution in [2.24, 2.45) is 0 Å². The first-order valence-electron chi connectivity index (χ1n) is 8.85. The van der Waals surface area contributed by atoms with Crippen LogP contribution in [0, 0.1) is 0 Å². The lowest BCUT2D eigenvalue weighted by Crippen LogP contribution is -2.25. The molecule has 0 atom stereocenters. The number of halogens is 4. The number of pyridine rings is 1. The van der Waals surface area contributed by atoms with E-state index < -0.39 is 6.29 Å². The number of carbonyl (C=O) groups excluding carboxylic acids is 1. The van der Waals surface area contributed by atoms with Crippen molar-refractivity contribution >= 4 is 56.3 Å². The molecule has 0 aliphatic carbocycles. The highest BCUT2D eigenvalue weighted by Gasteiger charge is 2.43. The van der Waals surface area contributed by atoms with E-state index >= 15 is 0 Å². The molecule has 5 rings (SSSR count). The van der Waals surface area contributed by atoms with E-state index in [0.29, 0.717) is 26.8 Å². The van der Waals surface area contributed by atoms with Crippen LogP contribution in [0.3, 0.4) is 0 Å². The van der Waals surface area contributed by atoms with Gasteiger partial charge in [-0.05, 0) is 24.3 Å². The van der Waals surface area contributed by atoms with Crippen LogP contribution >= 0.6 is 34.5 Å². The molecule has 2 aromatic carbocycles. The van der Waals surface area contributed by atoms with Crippen LogP contribution < -0.4 is 14.8 Å². The number of fused-ring (bicyclic) bond motifs is 2. The summed E-state index contributed by atoms with van der Waals surface area (Å²) < 4.78 is 36.3. The van der Waals surface area contributed by atoms with Crippen LogP contribution in [-0.2, 0) is 0 Å². The normalized spacial score (nSPS) is 14.1. The van der Waals surface area contributed by atoms with Crippen LogP contribution in [0.25, 0.3) is 21.2 Å². The molecule has 0 saturated carbocycles. The average molecular weight is 479 g/mol. The van der Waals surface area contributed by atoms with Gasteiger partial charge in [-0.3, -0.25) is 4.79 Å². The molecule has 0 spiro atoms. The van der Waals surface area contributed by atoms with Gasteiger partial charge in [-0.1, -0.05) is 41.4 Å². The van der Waals surface area contributed by atoms with Crippen molar-refractivity contribution < 1.29 is 23.0 Å². The van der Waals surface area contributed by atoms with Crippen LogP contribution in [0.1, 0.15) is 9.67 Å². The van der Waals surface area contributed by atoms with Crippen molar-refractivity contribution in [2.75, 3.05) is 5.32 Å². The quantitative estimate of drug-likeness (QED) is 0.350. The van der Waals surface area contributed by atoms with Gasteiger partial charge in [0.25, 0.3) is 5.91 Å². The van der Waals surface area contributed by atoms with E-state index in [4.69, 9.17) is 23.2 Å². The molecular formula is C21H10Cl2F2N2O3S. The number of rotatable bonds is 3. The number of nitrogens with one attached hydrogen (secondary N) is 1. The minimum Gasteiger partial charge on any atom is -0.395 e. The number of benzene rings is 2. The van der Waals surface area contributed by atoms with Crippen LogP contribution in [0.15, 0.2) is 54.7 Å². The number of hydrogen-bond acceptors (Lipinski definition) is 5. The largest absolute Gasteiger partial charge is 0.586 e. The zero-order valence-corrected chi connectivity index (χ0v) is 17.6. The lowest BCUT2D eigenvalue weighted by Gasteiger charge is -2.08. The molecule has 3 heterocycles. The predicted octanol–water partition coefficient (Wildman–Crippen LogP) is 6.84. The summed E-state index contributed by atoms with van der Waals surface area (Å²) in [5.74, 6) is -0.350. The first-order valence-corrected chi connectivity index (χ1v) is 10.4. The Hall–Kier alpha value is -2.94. The lowest BCUT2D eigenvalue weighted by atomic mass is 10.1. The molecule has 0 radical (unpaired) electrons. The van der Waals surface area contributed by atoms with E-state index in [-0.39, 0.29) is 22.4 Å². The van der Waals surface area contributed by atoms with Crippen molar-refractivity contribution in [2.45, 2.75) is 6.29 Å². The summed E-state index contributed by atoms with van der Waals surface area (Å²) in [6.45, 7) is 0. The molecule has 1 amide bonds. The standard InChI is InChI=1S/C21H10Cl2F2N2O3S/c22-13-8-15-14(29-21(24,25)30-15)7-12(13)10-5-6-17(26-9-10)27-20(28)19-18(23)11-3-1-2-4-16(11)31-19/h1-9H,(H,26,27,28). The third-order valence-electron chi connectivity index (χ3n) is 4.55. The Morgan fingerprint density at radius 3 is 2.52 bits per heavy atom. The third kappa shape index (κ3) is 3.67. The van der Waals surface area contributed by atoms with Gasteiger partial charge in [0.15, 0.2) is 11.5 Å². The molecule has 1 N–H and O–H groups in total. The molecule has 1 aliphatic heterocycles. The minimum atomic E-state index is -3.73. The molecule has 0 fully saturated rings. The molecule has 1 aliphatic rings. The van der Waals surface area contributed by atoms with E-state index in [9.17, 15) is 13.6 Å². The summed E-state index contributed by atoms with van der Waals surface area (Å²) >= 11 is 13.8. The topological polar surface area (TPSA) is 60.5 Å². The van der Waals surface area contributed by atoms with Gasteiger partial charge in [-0.15, -0.1) is 20.1 Å². The second kappa shape index (κ2) is 7.33. The number of aromatic nitrogens is 1. The van der Waals surface area contributed by atoms with Gasteiger partial charge in [-0.2, -0.15) is 0 Å². The fraction of sp³-hybridized carbons (Fsp3) is 0.0476. The van der Waals surface area contributed by atoms with Gasteiger partial charge >= 0.3 is 6.29 Å². The van der Waals surface area contributed by atoms with Gasteiger partial charge in [-0.25, -0.2) is 4.98 Å². The van der Waals surface area contributed by atoms with Gasteiger partial charge < -0.3 is 14.8 Å². The second-order valence-corrected chi connectivity index (χ2v) is 8.41. The molecule has 10 heteroatoms. The van der Waals surface area contributed by atoms with E-state index in [0.717, 1.165) is 10.1 Å². The number of ether oxygens (including phenoxy) is 2. The molecule has 5 nitrogen and oxygen atoms in total.